The van der Waals surface area contributed by atoms with Crippen molar-refractivity contribution < 1.29 is 23.5 Å². The van der Waals surface area contributed by atoms with E-state index in [1.165, 1.54) is 0 Å². The number of carboxylic acids is 1. The molecule has 3 rings (SSSR count). The molecule has 0 aliphatic rings. The van der Waals surface area contributed by atoms with Crippen LogP contribution in [0.25, 0.3) is 11.0 Å². The van der Waals surface area contributed by atoms with E-state index in [-0.39, 0.29) is 18.8 Å². The molecule has 1 aromatic carbocycles. The first-order chi connectivity index (χ1) is 9.75. The zero-order valence-corrected chi connectivity index (χ0v) is 10.5. The van der Waals surface area contributed by atoms with Crippen LogP contribution in [0.5, 0.6) is 0 Å². The first-order valence-electron chi connectivity index (χ1n) is 6.09. The average Bonchev–Trinajstić information content (AvgIpc) is 3.05. The number of ether oxygens (including phenoxy) is 1. The first-order valence-corrected chi connectivity index (χ1v) is 6.09. The second kappa shape index (κ2) is 5.22. The second-order valence-corrected chi connectivity index (χ2v) is 4.27. The Morgan fingerprint density at radius 1 is 1.15 bits per heavy atom. The minimum Gasteiger partial charge on any atom is -0.478 e. The van der Waals surface area contributed by atoms with Crippen molar-refractivity contribution in [2.75, 3.05) is 0 Å². The fourth-order valence-corrected chi connectivity index (χ4v) is 2.07. The van der Waals surface area contributed by atoms with Gasteiger partial charge in [-0.15, -0.1) is 0 Å². The molecule has 5 nitrogen and oxygen atoms in total. The number of carboxylic acid groups (broad SMARTS) is 1. The van der Waals surface area contributed by atoms with Gasteiger partial charge >= 0.3 is 5.97 Å². The SMILES string of the molecule is O=C(O)c1c(COCc2ccco2)oc2ccccc12. The molecule has 0 aliphatic heterocycles. The van der Waals surface area contributed by atoms with Gasteiger partial charge in [-0.3, -0.25) is 0 Å². The number of hydrogen-bond acceptors (Lipinski definition) is 4. The van der Waals surface area contributed by atoms with Gasteiger partial charge in [0.15, 0.2) is 0 Å². The molecule has 3 aromatic rings. The Hall–Kier alpha value is -2.53. The van der Waals surface area contributed by atoms with E-state index >= 15 is 0 Å². The lowest BCUT2D eigenvalue weighted by atomic mass is 10.1. The van der Waals surface area contributed by atoms with Crippen LogP contribution in [0.1, 0.15) is 21.9 Å². The summed E-state index contributed by atoms with van der Waals surface area (Å²) in [7, 11) is 0. The van der Waals surface area contributed by atoms with Crippen LogP contribution >= 0.6 is 0 Å². The van der Waals surface area contributed by atoms with Gasteiger partial charge in [-0.1, -0.05) is 18.2 Å². The number of rotatable bonds is 5. The molecule has 102 valence electrons. The smallest absolute Gasteiger partial charge is 0.340 e. The summed E-state index contributed by atoms with van der Waals surface area (Å²) in [4.78, 5) is 11.4. The van der Waals surface area contributed by atoms with E-state index in [0.29, 0.717) is 22.5 Å². The van der Waals surface area contributed by atoms with Crippen LogP contribution in [0.15, 0.2) is 51.5 Å². The Kier molecular flexibility index (Phi) is 3.26. The van der Waals surface area contributed by atoms with E-state index in [2.05, 4.69) is 0 Å². The van der Waals surface area contributed by atoms with Crippen molar-refractivity contribution in [3.8, 4) is 0 Å². The van der Waals surface area contributed by atoms with Gasteiger partial charge in [0.05, 0.1) is 6.26 Å². The molecule has 0 saturated heterocycles. The third-order valence-electron chi connectivity index (χ3n) is 2.94. The van der Waals surface area contributed by atoms with E-state index in [0.717, 1.165) is 0 Å². The fraction of sp³-hybridized carbons (Fsp3) is 0.133. The minimum atomic E-state index is -1.02. The molecule has 0 atom stereocenters. The molecule has 5 heteroatoms. The molecule has 0 bridgehead atoms. The molecule has 0 radical (unpaired) electrons. The number of furan rings is 2. The van der Waals surface area contributed by atoms with E-state index in [4.69, 9.17) is 13.6 Å². The monoisotopic (exact) mass is 272 g/mol. The predicted octanol–water partition coefficient (Wildman–Crippen LogP) is 3.44. The average molecular weight is 272 g/mol. The Morgan fingerprint density at radius 3 is 2.75 bits per heavy atom. The van der Waals surface area contributed by atoms with Crippen LogP contribution < -0.4 is 0 Å². The molecule has 0 fully saturated rings. The third-order valence-corrected chi connectivity index (χ3v) is 2.94. The number of para-hydroxylation sites is 1. The summed E-state index contributed by atoms with van der Waals surface area (Å²) in [6.07, 6.45) is 1.56. The normalized spacial score (nSPS) is 11.0. The molecule has 0 unspecified atom stereocenters. The van der Waals surface area contributed by atoms with Gasteiger partial charge < -0.3 is 18.7 Å². The number of benzene rings is 1. The number of carbonyl (C=O) groups is 1. The lowest BCUT2D eigenvalue weighted by Gasteiger charge is -2.00. The Bertz CT molecular complexity index is 724. The lowest BCUT2D eigenvalue weighted by molar-refractivity contribution is 0.0660. The first kappa shape index (κ1) is 12.5. The largest absolute Gasteiger partial charge is 0.478 e. The Morgan fingerprint density at radius 2 is 2.00 bits per heavy atom. The van der Waals surface area contributed by atoms with Crippen molar-refractivity contribution in [2.24, 2.45) is 0 Å². The highest BCUT2D eigenvalue weighted by Crippen LogP contribution is 2.26. The van der Waals surface area contributed by atoms with Crippen LogP contribution in [-0.4, -0.2) is 11.1 Å². The number of fused-ring (bicyclic) bond motifs is 1. The molecular weight excluding hydrogens is 260 g/mol. The summed E-state index contributed by atoms with van der Waals surface area (Å²) < 4.78 is 16.1. The Labute approximate surface area is 114 Å². The van der Waals surface area contributed by atoms with E-state index in [1.54, 1.807) is 42.7 Å². The summed E-state index contributed by atoms with van der Waals surface area (Å²) in [5.74, 6) is -0.0326. The van der Waals surface area contributed by atoms with Crippen molar-refractivity contribution in [3.05, 3.63) is 59.7 Å². The summed E-state index contributed by atoms with van der Waals surface area (Å²) in [6.45, 7) is 0.347. The van der Waals surface area contributed by atoms with Crippen molar-refractivity contribution >= 4 is 16.9 Å². The molecule has 2 aromatic heterocycles. The van der Waals surface area contributed by atoms with Gasteiger partial charge in [0.1, 0.15) is 35.9 Å². The van der Waals surface area contributed by atoms with Gasteiger partial charge in [0.2, 0.25) is 0 Å². The highest BCUT2D eigenvalue weighted by molar-refractivity contribution is 6.03. The highest BCUT2D eigenvalue weighted by Gasteiger charge is 2.19. The second-order valence-electron chi connectivity index (χ2n) is 4.27. The number of aromatic carboxylic acids is 1. The van der Waals surface area contributed by atoms with Gasteiger partial charge in [-0.25, -0.2) is 4.79 Å². The summed E-state index contributed by atoms with van der Waals surface area (Å²) in [5.41, 5.74) is 0.696. The predicted molar refractivity (Wildman–Crippen MR) is 70.4 cm³/mol. The van der Waals surface area contributed by atoms with Gasteiger partial charge in [-0.05, 0) is 18.2 Å². The van der Waals surface area contributed by atoms with E-state index in [9.17, 15) is 9.90 Å². The van der Waals surface area contributed by atoms with Crippen molar-refractivity contribution in [3.63, 3.8) is 0 Å². The summed E-state index contributed by atoms with van der Waals surface area (Å²) in [6, 6.07) is 10.6. The van der Waals surface area contributed by atoms with Crippen LogP contribution in [0.3, 0.4) is 0 Å². The van der Waals surface area contributed by atoms with Crippen LogP contribution in [0.4, 0.5) is 0 Å². The zero-order valence-electron chi connectivity index (χ0n) is 10.5. The third kappa shape index (κ3) is 2.31. The molecule has 0 aliphatic carbocycles. The lowest BCUT2D eigenvalue weighted by Crippen LogP contribution is -2.01. The molecule has 0 spiro atoms. The van der Waals surface area contributed by atoms with E-state index in [1.807, 2.05) is 0 Å². The molecule has 0 amide bonds. The Balaban J connectivity index is 1.83. The van der Waals surface area contributed by atoms with Crippen LogP contribution in [0.2, 0.25) is 0 Å². The highest BCUT2D eigenvalue weighted by atomic mass is 16.5. The molecule has 2 heterocycles. The summed E-state index contributed by atoms with van der Waals surface area (Å²) in [5, 5.41) is 9.88. The topological polar surface area (TPSA) is 72.8 Å². The number of hydrogen-bond donors (Lipinski definition) is 1. The van der Waals surface area contributed by atoms with Crippen LogP contribution in [-0.2, 0) is 18.0 Å². The molecule has 1 N–H and O–H groups in total. The van der Waals surface area contributed by atoms with Crippen molar-refractivity contribution in [1.29, 1.82) is 0 Å². The van der Waals surface area contributed by atoms with Crippen molar-refractivity contribution in [1.82, 2.24) is 0 Å². The molecule has 20 heavy (non-hydrogen) atoms. The van der Waals surface area contributed by atoms with Gasteiger partial charge in [0.25, 0.3) is 0 Å². The fourth-order valence-electron chi connectivity index (χ4n) is 2.07. The van der Waals surface area contributed by atoms with Gasteiger partial charge in [-0.2, -0.15) is 0 Å². The zero-order chi connectivity index (χ0) is 13.9. The maximum absolute atomic E-state index is 11.4. The van der Waals surface area contributed by atoms with Crippen molar-refractivity contribution in [2.45, 2.75) is 13.2 Å². The molecule has 0 saturated carbocycles. The van der Waals surface area contributed by atoms with Crippen LogP contribution in [0, 0.1) is 0 Å². The van der Waals surface area contributed by atoms with Gasteiger partial charge in [0, 0.05) is 5.39 Å². The minimum absolute atomic E-state index is 0.0804. The quantitative estimate of drug-likeness (QED) is 0.770. The molecular formula is C15H12O5. The van der Waals surface area contributed by atoms with E-state index < -0.39 is 5.97 Å². The standard InChI is InChI=1S/C15H12O5/c16-15(17)14-11-5-1-2-6-12(11)20-13(14)9-18-8-10-4-3-7-19-10/h1-7H,8-9H2,(H,16,17). The maximum atomic E-state index is 11.4. The maximum Gasteiger partial charge on any atom is 0.340 e. The summed E-state index contributed by atoms with van der Waals surface area (Å²) >= 11 is 0.